The Kier molecular flexibility index (Phi) is 5.54. The number of nitro groups is 1. The molecule has 0 heterocycles. The fourth-order valence-electron chi connectivity index (χ4n) is 1.79. The Labute approximate surface area is 137 Å². The number of aryl methyl sites for hydroxylation is 1. The third kappa shape index (κ3) is 4.69. The van der Waals surface area contributed by atoms with Gasteiger partial charge in [0, 0.05) is 12.1 Å². The van der Waals surface area contributed by atoms with Crippen molar-refractivity contribution in [1.29, 1.82) is 0 Å². The fraction of sp³-hybridized carbons (Fsp3) is 0.188. The maximum Gasteiger partial charge on any atom is 0.339 e. The predicted octanol–water partition coefficient (Wildman–Crippen LogP) is 3.79. The van der Waals surface area contributed by atoms with Gasteiger partial charge in [-0.25, -0.2) is 4.79 Å². The average Bonchev–Trinajstić information content (AvgIpc) is 2.52. The molecule has 0 saturated heterocycles. The Balaban J connectivity index is 1.85. The highest BCUT2D eigenvalue weighted by Crippen LogP contribution is 2.23. The highest BCUT2D eigenvalue weighted by molar-refractivity contribution is 6.33. The second-order valence-corrected chi connectivity index (χ2v) is 5.13. The zero-order valence-corrected chi connectivity index (χ0v) is 13.1. The van der Waals surface area contributed by atoms with Crippen LogP contribution in [0, 0.1) is 17.0 Å². The van der Waals surface area contributed by atoms with Crippen molar-refractivity contribution in [2.45, 2.75) is 6.92 Å². The highest BCUT2D eigenvalue weighted by atomic mass is 35.5. The van der Waals surface area contributed by atoms with Gasteiger partial charge in [0.25, 0.3) is 5.69 Å². The third-order valence-corrected chi connectivity index (χ3v) is 3.30. The minimum atomic E-state index is -0.655. The van der Waals surface area contributed by atoms with Crippen LogP contribution in [0.5, 0.6) is 5.75 Å². The van der Waals surface area contributed by atoms with E-state index in [1.54, 1.807) is 0 Å². The van der Waals surface area contributed by atoms with Gasteiger partial charge >= 0.3 is 5.97 Å². The van der Waals surface area contributed by atoms with Crippen molar-refractivity contribution in [3.63, 3.8) is 0 Å². The summed E-state index contributed by atoms with van der Waals surface area (Å²) in [4.78, 5) is 21.9. The van der Waals surface area contributed by atoms with E-state index in [-0.39, 0.29) is 29.5 Å². The summed E-state index contributed by atoms with van der Waals surface area (Å²) in [5, 5.41) is 10.6. The summed E-state index contributed by atoms with van der Waals surface area (Å²) in [6, 6.07) is 11.1. The van der Waals surface area contributed by atoms with Gasteiger partial charge in [-0.15, -0.1) is 0 Å². The number of ether oxygens (including phenoxy) is 2. The number of benzene rings is 2. The standard InChI is InChI=1S/C16H14ClNO5/c1-11-2-5-13(6-3-11)22-8-9-23-16(19)14-7-4-12(18(20)21)10-15(14)17/h2-7,10H,8-9H2,1H3. The summed E-state index contributed by atoms with van der Waals surface area (Å²) in [6.07, 6.45) is 0. The molecule has 2 rings (SSSR count). The van der Waals surface area contributed by atoms with Crippen molar-refractivity contribution in [1.82, 2.24) is 0 Å². The zero-order chi connectivity index (χ0) is 16.8. The lowest BCUT2D eigenvalue weighted by Gasteiger charge is -2.08. The smallest absolute Gasteiger partial charge is 0.339 e. The predicted molar refractivity (Wildman–Crippen MR) is 85.1 cm³/mol. The first-order valence-corrected chi connectivity index (χ1v) is 7.15. The van der Waals surface area contributed by atoms with Crippen LogP contribution in [0.1, 0.15) is 15.9 Å². The lowest BCUT2D eigenvalue weighted by Crippen LogP contribution is -2.12. The molecule has 0 spiro atoms. The second kappa shape index (κ2) is 7.60. The van der Waals surface area contributed by atoms with Gasteiger partial charge < -0.3 is 9.47 Å². The van der Waals surface area contributed by atoms with E-state index in [9.17, 15) is 14.9 Å². The van der Waals surface area contributed by atoms with Gasteiger partial charge in [-0.2, -0.15) is 0 Å². The molecule has 0 aliphatic heterocycles. The topological polar surface area (TPSA) is 78.7 Å². The molecular formula is C16H14ClNO5. The lowest BCUT2D eigenvalue weighted by atomic mass is 10.2. The number of halogens is 1. The summed E-state index contributed by atoms with van der Waals surface area (Å²) in [7, 11) is 0. The van der Waals surface area contributed by atoms with Crippen molar-refractivity contribution in [3.8, 4) is 5.75 Å². The molecule has 0 aliphatic carbocycles. The first-order valence-electron chi connectivity index (χ1n) is 6.78. The monoisotopic (exact) mass is 335 g/mol. The van der Waals surface area contributed by atoms with Crippen molar-refractivity contribution in [2.24, 2.45) is 0 Å². The molecule has 0 N–H and O–H groups in total. The number of rotatable bonds is 6. The number of hydrogen-bond acceptors (Lipinski definition) is 5. The molecule has 0 bridgehead atoms. The van der Waals surface area contributed by atoms with E-state index in [1.807, 2.05) is 31.2 Å². The van der Waals surface area contributed by atoms with E-state index < -0.39 is 10.9 Å². The molecule has 0 unspecified atom stereocenters. The molecular weight excluding hydrogens is 322 g/mol. The Morgan fingerprint density at radius 1 is 1.17 bits per heavy atom. The molecule has 0 atom stereocenters. The van der Waals surface area contributed by atoms with Gasteiger partial charge in [0.05, 0.1) is 15.5 Å². The van der Waals surface area contributed by atoms with Crippen LogP contribution in [-0.4, -0.2) is 24.1 Å². The third-order valence-electron chi connectivity index (χ3n) is 2.99. The summed E-state index contributed by atoms with van der Waals surface area (Å²) >= 11 is 5.86. The van der Waals surface area contributed by atoms with Gasteiger partial charge in [0.15, 0.2) is 0 Å². The van der Waals surface area contributed by atoms with Crippen LogP contribution < -0.4 is 4.74 Å². The maximum atomic E-state index is 11.9. The summed E-state index contributed by atoms with van der Waals surface area (Å²) in [5.74, 6) is 0.0254. The highest BCUT2D eigenvalue weighted by Gasteiger charge is 2.15. The molecule has 120 valence electrons. The number of hydrogen-bond donors (Lipinski definition) is 0. The SMILES string of the molecule is Cc1ccc(OCCOC(=O)c2ccc([N+](=O)[O-])cc2Cl)cc1. The van der Waals surface area contributed by atoms with Crippen LogP contribution in [0.2, 0.25) is 5.02 Å². The lowest BCUT2D eigenvalue weighted by molar-refractivity contribution is -0.384. The van der Waals surface area contributed by atoms with E-state index >= 15 is 0 Å². The molecule has 2 aromatic rings. The summed E-state index contributed by atoms with van der Waals surface area (Å²) in [6.45, 7) is 2.21. The van der Waals surface area contributed by atoms with Crippen molar-refractivity contribution >= 4 is 23.3 Å². The van der Waals surface area contributed by atoms with Gasteiger partial charge in [-0.1, -0.05) is 29.3 Å². The van der Waals surface area contributed by atoms with Crippen molar-refractivity contribution in [2.75, 3.05) is 13.2 Å². The summed E-state index contributed by atoms with van der Waals surface area (Å²) < 4.78 is 10.5. The largest absolute Gasteiger partial charge is 0.490 e. The maximum absolute atomic E-state index is 11.9. The van der Waals surface area contributed by atoms with E-state index in [1.165, 1.54) is 12.1 Å². The van der Waals surface area contributed by atoms with Crippen LogP contribution in [0.4, 0.5) is 5.69 Å². The molecule has 6 nitrogen and oxygen atoms in total. The Morgan fingerprint density at radius 3 is 2.48 bits per heavy atom. The molecule has 0 saturated carbocycles. The Bertz CT molecular complexity index is 715. The molecule has 2 aromatic carbocycles. The van der Waals surface area contributed by atoms with Crippen molar-refractivity contribution in [3.05, 3.63) is 68.7 Å². The Morgan fingerprint density at radius 2 is 1.87 bits per heavy atom. The quantitative estimate of drug-likeness (QED) is 0.347. The molecule has 0 fully saturated rings. The van der Waals surface area contributed by atoms with Gasteiger partial charge in [0.2, 0.25) is 0 Å². The average molecular weight is 336 g/mol. The number of non-ortho nitro benzene ring substituents is 1. The number of esters is 1. The number of carbonyl (C=O) groups is 1. The van der Waals surface area contributed by atoms with Gasteiger partial charge in [-0.3, -0.25) is 10.1 Å². The molecule has 0 aliphatic rings. The molecule has 0 aromatic heterocycles. The van der Waals surface area contributed by atoms with E-state index in [4.69, 9.17) is 21.1 Å². The first-order chi connectivity index (χ1) is 11.0. The first kappa shape index (κ1) is 16.8. The molecule has 0 radical (unpaired) electrons. The number of carbonyl (C=O) groups excluding carboxylic acids is 1. The van der Waals surface area contributed by atoms with Crippen LogP contribution in [-0.2, 0) is 4.74 Å². The van der Waals surface area contributed by atoms with Crippen LogP contribution >= 0.6 is 11.6 Å². The van der Waals surface area contributed by atoms with Crippen LogP contribution in [0.25, 0.3) is 0 Å². The zero-order valence-electron chi connectivity index (χ0n) is 12.3. The van der Waals surface area contributed by atoms with E-state index in [0.29, 0.717) is 5.75 Å². The number of nitrogens with zero attached hydrogens (tertiary/aromatic N) is 1. The van der Waals surface area contributed by atoms with E-state index in [0.717, 1.165) is 11.6 Å². The molecule has 7 heteroatoms. The summed E-state index contributed by atoms with van der Waals surface area (Å²) in [5.41, 5.74) is 1.01. The molecule has 0 amide bonds. The Hall–Kier alpha value is -2.60. The normalized spacial score (nSPS) is 10.2. The van der Waals surface area contributed by atoms with Crippen LogP contribution in [0.3, 0.4) is 0 Å². The minimum absolute atomic E-state index is 0.0244. The molecule has 23 heavy (non-hydrogen) atoms. The van der Waals surface area contributed by atoms with Crippen molar-refractivity contribution < 1.29 is 19.2 Å². The van der Waals surface area contributed by atoms with Gasteiger partial charge in [0.1, 0.15) is 19.0 Å². The van der Waals surface area contributed by atoms with Crippen LogP contribution in [0.15, 0.2) is 42.5 Å². The fourth-order valence-corrected chi connectivity index (χ4v) is 2.04. The van der Waals surface area contributed by atoms with E-state index in [2.05, 4.69) is 0 Å². The van der Waals surface area contributed by atoms with Gasteiger partial charge in [-0.05, 0) is 25.1 Å². The number of nitro benzene ring substituents is 1. The second-order valence-electron chi connectivity index (χ2n) is 4.72. The minimum Gasteiger partial charge on any atom is -0.490 e.